The van der Waals surface area contributed by atoms with Crippen molar-refractivity contribution < 1.29 is 18.7 Å². The zero-order valence-corrected chi connectivity index (χ0v) is 12.5. The van der Waals surface area contributed by atoms with Gasteiger partial charge in [-0.15, -0.1) is 0 Å². The van der Waals surface area contributed by atoms with Crippen LogP contribution in [0.1, 0.15) is 30.2 Å². The van der Waals surface area contributed by atoms with Crippen LogP contribution in [-0.4, -0.2) is 55.4 Å². The molecule has 0 saturated carbocycles. The molecule has 2 amide bonds. The molecular weight excluding hydrogens is 260 g/mol. The summed E-state index contributed by atoms with van der Waals surface area (Å²) in [5.74, 6) is 0.411. The lowest BCUT2D eigenvalue weighted by Crippen LogP contribution is -2.40. The maximum absolute atomic E-state index is 12.1. The summed E-state index contributed by atoms with van der Waals surface area (Å²) in [5.41, 5.74) is 0. The minimum absolute atomic E-state index is 0.0425. The van der Waals surface area contributed by atoms with E-state index in [-0.39, 0.29) is 24.1 Å². The topological polar surface area (TPSA) is 63.0 Å². The predicted molar refractivity (Wildman–Crippen MR) is 74.3 cm³/mol. The van der Waals surface area contributed by atoms with E-state index in [1.165, 1.54) is 4.90 Å². The van der Waals surface area contributed by atoms with Crippen LogP contribution in [0.2, 0.25) is 0 Å². The van der Waals surface area contributed by atoms with Gasteiger partial charge in [0, 0.05) is 27.2 Å². The zero-order valence-electron chi connectivity index (χ0n) is 12.5. The van der Waals surface area contributed by atoms with E-state index in [1.807, 2.05) is 13.8 Å². The zero-order chi connectivity index (χ0) is 15.1. The largest absolute Gasteiger partial charge is 0.453 e. The molecule has 0 fully saturated rings. The van der Waals surface area contributed by atoms with Crippen molar-refractivity contribution in [3.05, 3.63) is 23.7 Å². The number of carbonyl (C=O) groups excluding carboxylic acids is 2. The summed E-state index contributed by atoms with van der Waals surface area (Å²) in [6, 6.07) is 3.28. The Balaban J connectivity index is 2.64. The smallest absolute Gasteiger partial charge is 0.289 e. The first-order valence-corrected chi connectivity index (χ1v) is 6.64. The van der Waals surface area contributed by atoms with Crippen molar-refractivity contribution in [3.63, 3.8) is 0 Å². The van der Waals surface area contributed by atoms with Gasteiger partial charge in [-0.25, -0.2) is 0 Å². The van der Waals surface area contributed by atoms with Gasteiger partial charge in [0.2, 0.25) is 5.91 Å². The Kier molecular flexibility index (Phi) is 6.24. The fraction of sp³-hybridized carbons (Fsp3) is 0.571. The van der Waals surface area contributed by atoms with Gasteiger partial charge in [0.25, 0.3) is 5.91 Å². The second kappa shape index (κ2) is 7.69. The summed E-state index contributed by atoms with van der Waals surface area (Å²) < 4.78 is 10.3. The van der Waals surface area contributed by atoms with Crippen LogP contribution in [0.5, 0.6) is 0 Å². The van der Waals surface area contributed by atoms with Gasteiger partial charge in [-0.1, -0.05) is 0 Å². The Morgan fingerprint density at radius 3 is 2.45 bits per heavy atom. The van der Waals surface area contributed by atoms with Crippen molar-refractivity contribution in [1.82, 2.24) is 9.80 Å². The summed E-state index contributed by atoms with van der Waals surface area (Å²) in [7, 11) is 3.14. The fourth-order valence-corrected chi connectivity index (χ4v) is 1.85. The van der Waals surface area contributed by atoms with Crippen LogP contribution in [0.3, 0.4) is 0 Å². The summed E-state index contributed by atoms with van der Waals surface area (Å²) in [6.45, 7) is 5.45. The molecule has 0 spiro atoms. The molecule has 0 radical (unpaired) electrons. The maximum Gasteiger partial charge on any atom is 0.289 e. The first-order chi connectivity index (χ1) is 9.53. The molecule has 0 aromatic carbocycles. The highest BCUT2D eigenvalue weighted by molar-refractivity contribution is 5.94. The van der Waals surface area contributed by atoms with Crippen LogP contribution < -0.4 is 0 Å². The number of furan rings is 1. The molecule has 112 valence electrons. The van der Waals surface area contributed by atoms with Gasteiger partial charge < -0.3 is 19.0 Å². The van der Waals surface area contributed by atoms with Gasteiger partial charge in [-0.3, -0.25) is 9.59 Å². The third-order valence-corrected chi connectivity index (χ3v) is 2.99. The summed E-state index contributed by atoms with van der Waals surface area (Å²) in [6.07, 6.45) is 0. The van der Waals surface area contributed by atoms with Crippen LogP contribution >= 0.6 is 0 Å². The number of nitrogens with zero attached hydrogens (tertiary/aromatic N) is 2. The Labute approximate surface area is 119 Å². The highest BCUT2D eigenvalue weighted by Crippen LogP contribution is 2.11. The van der Waals surface area contributed by atoms with Crippen molar-refractivity contribution in [1.29, 1.82) is 0 Å². The molecule has 0 aliphatic heterocycles. The molecular formula is C14H22N2O4. The number of likely N-dealkylation sites (N-methyl/N-ethyl adjacent to an activating group) is 2. The Hall–Kier alpha value is -1.82. The number of amides is 2. The quantitative estimate of drug-likeness (QED) is 0.757. The first-order valence-electron chi connectivity index (χ1n) is 6.64. The fourth-order valence-electron chi connectivity index (χ4n) is 1.85. The Bertz CT molecular complexity index is 452. The van der Waals surface area contributed by atoms with Gasteiger partial charge >= 0.3 is 0 Å². The predicted octanol–water partition coefficient (Wildman–Crippen LogP) is 1.37. The van der Waals surface area contributed by atoms with Crippen LogP contribution in [0.25, 0.3) is 0 Å². The van der Waals surface area contributed by atoms with Gasteiger partial charge in [0.15, 0.2) is 5.76 Å². The van der Waals surface area contributed by atoms with Crippen molar-refractivity contribution in [2.45, 2.75) is 20.5 Å². The number of methoxy groups -OCH3 is 1. The molecule has 0 aliphatic carbocycles. The number of carbonyl (C=O) groups is 2. The van der Waals surface area contributed by atoms with Crippen molar-refractivity contribution in [3.8, 4) is 0 Å². The Morgan fingerprint density at radius 2 is 1.90 bits per heavy atom. The summed E-state index contributed by atoms with van der Waals surface area (Å²) in [5, 5.41) is 0. The van der Waals surface area contributed by atoms with E-state index in [9.17, 15) is 9.59 Å². The summed E-state index contributed by atoms with van der Waals surface area (Å²) in [4.78, 5) is 27.1. The SMILES string of the molecule is CCN(CC)C(=O)CN(C)C(=O)c1ccc(COC)o1. The van der Waals surface area contributed by atoms with E-state index in [2.05, 4.69) is 0 Å². The van der Waals surface area contributed by atoms with Crippen LogP contribution in [0.4, 0.5) is 0 Å². The van der Waals surface area contributed by atoms with E-state index >= 15 is 0 Å². The highest BCUT2D eigenvalue weighted by Gasteiger charge is 2.20. The third kappa shape index (κ3) is 4.09. The van der Waals surface area contributed by atoms with E-state index in [0.717, 1.165) is 0 Å². The maximum atomic E-state index is 12.1. The molecule has 0 N–H and O–H groups in total. The van der Waals surface area contributed by atoms with Gasteiger partial charge in [-0.2, -0.15) is 0 Å². The molecule has 6 nitrogen and oxygen atoms in total. The van der Waals surface area contributed by atoms with E-state index < -0.39 is 0 Å². The minimum atomic E-state index is -0.312. The van der Waals surface area contributed by atoms with E-state index in [4.69, 9.17) is 9.15 Å². The number of rotatable bonds is 7. The third-order valence-electron chi connectivity index (χ3n) is 2.99. The van der Waals surface area contributed by atoms with Gasteiger partial charge in [-0.05, 0) is 26.0 Å². The van der Waals surface area contributed by atoms with Crippen molar-refractivity contribution in [2.75, 3.05) is 33.8 Å². The lowest BCUT2D eigenvalue weighted by Gasteiger charge is -2.22. The first kappa shape index (κ1) is 16.2. The molecule has 1 rings (SSSR count). The van der Waals surface area contributed by atoms with Gasteiger partial charge in [0.1, 0.15) is 12.4 Å². The van der Waals surface area contributed by atoms with Gasteiger partial charge in [0.05, 0.1) is 6.54 Å². The van der Waals surface area contributed by atoms with E-state index in [1.54, 1.807) is 31.2 Å². The average molecular weight is 282 g/mol. The van der Waals surface area contributed by atoms with Crippen LogP contribution in [-0.2, 0) is 16.1 Å². The lowest BCUT2D eigenvalue weighted by molar-refractivity contribution is -0.131. The molecule has 1 aromatic heterocycles. The molecule has 1 heterocycles. The standard InChI is InChI=1S/C14H22N2O4/c1-5-16(6-2)13(17)9-15(3)14(18)12-8-7-11(20-12)10-19-4/h7-8H,5-6,9-10H2,1-4H3. The van der Waals surface area contributed by atoms with Crippen LogP contribution in [0, 0.1) is 0 Å². The number of ether oxygens (including phenoxy) is 1. The lowest BCUT2D eigenvalue weighted by atomic mass is 10.3. The normalized spacial score (nSPS) is 10.4. The second-order valence-electron chi connectivity index (χ2n) is 4.43. The molecule has 6 heteroatoms. The van der Waals surface area contributed by atoms with E-state index in [0.29, 0.717) is 25.5 Å². The monoisotopic (exact) mass is 282 g/mol. The molecule has 0 bridgehead atoms. The van der Waals surface area contributed by atoms with Crippen molar-refractivity contribution in [2.24, 2.45) is 0 Å². The molecule has 0 unspecified atom stereocenters. The highest BCUT2D eigenvalue weighted by atomic mass is 16.5. The molecule has 0 saturated heterocycles. The second-order valence-corrected chi connectivity index (χ2v) is 4.43. The molecule has 0 atom stereocenters. The summed E-state index contributed by atoms with van der Waals surface area (Å²) >= 11 is 0. The van der Waals surface area contributed by atoms with Crippen LogP contribution in [0.15, 0.2) is 16.5 Å². The molecule has 0 aliphatic rings. The van der Waals surface area contributed by atoms with Crippen molar-refractivity contribution >= 4 is 11.8 Å². The Morgan fingerprint density at radius 1 is 1.25 bits per heavy atom. The molecule has 20 heavy (non-hydrogen) atoms. The number of hydrogen-bond acceptors (Lipinski definition) is 4. The number of hydrogen-bond donors (Lipinski definition) is 0. The minimum Gasteiger partial charge on any atom is -0.453 e. The average Bonchev–Trinajstić information content (AvgIpc) is 2.88. The molecule has 1 aromatic rings.